The van der Waals surface area contributed by atoms with Crippen LogP contribution in [0.25, 0.3) is 11.4 Å². The topological polar surface area (TPSA) is 95.3 Å². The molecule has 0 spiro atoms. The van der Waals surface area contributed by atoms with Crippen molar-refractivity contribution in [2.75, 3.05) is 26.2 Å². The predicted molar refractivity (Wildman–Crippen MR) is 102 cm³/mol. The molecule has 1 fully saturated rings. The Kier molecular flexibility index (Phi) is 4.94. The summed E-state index contributed by atoms with van der Waals surface area (Å²) in [5.41, 5.74) is 8.44. The number of nitrogens with zero attached hydrogens (tertiary/aromatic N) is 3. The molecule has 1 atom stereocenters. The van der Waals surface area contributed by atoms with E-state index in [4.69, 9.17) is 10.7 Å². The lowest BCUT2D eigenvalue weighted by molar-refractivity contribution is -0.139. The molecule has 3 heterocycles. The highest BCUT2D eigenvalue weighted by Crippen LogP contribution is 2.25. The summed E-state index contributed by atoms with van der Waals surface area (Å²) in [5.74, 6) is 0.638. The zero-order valence-corrected chi connectivity index (χ0v) is 15.4. The lowest BCUT2D eigenvalue weighted by Crippen LogP contribution is -2.48. The van der Waals surface area contributed by atoms with E-state index in [1.807, 2.05) is 40.1 Å². The fourth-order valence-electron chi connectivity index (χ4n) is 4.09. The van der Waals surface area contributed by atoms with Crippen LogP contribution >= 0.6 is 0 Å². The van der Waals surface area contributed by atoms with E-state index in [1.54, 1.807) is 0 Å². The van der Waals surface area contributed by atoms with Gasteiger partial charge in [-0.05, 0) is 19.4 Å². The van der Waals surface area contributed by atoms with Crippen molar-refractivity contribution in [3.05, 3.63) is 41.7 Å². The fraction of sp³-hybridized carbons (Fsp3) is 0.450. The van der Waals surface area contributed by atoms with Crippen LogP contribution in [0.2, 0.25) is 0 Å². The van der Waals surface area contributed by atoms with Gasteiger partial charge in [0.25, 0.3) is 0 Å². The number of rotatable bonds is 4. The third kappa shape index (κ3) is 3.88. The van der Waals surface area contributed by atoms with Gasteiger partial charge in [-0.1, -0.05) is 30.3 Å². The van der Waals surface area contributed by atoms with Gasteiger partial charge in [-0.25, -0.2) is 4.98 Å². The van der Waals surface area contributed by atoms with Crippen LogP contribution in [0.4, 0.5) is 0 Å². The van der Waals surface area contributed by atoms with Crippen LogP contribution in [0.1, 0.15) is 24.2 Å². The lowest BCUT2D eigenvalue weighted by atomic mass is 9.95. The highest BCUT2D eigenvalue weighted by atomic mass is 16.2. The average molecular weight is 367 g/mol. The first-order valence-corrected chi connectivity index (χ1v) is 9.53. The van der Waals surface area contributed by atoms with Crippen molar-refractivity contribution in [2.45, 2.75) is 25.8 Å². The fourth-order valence-corrected chi connectivity index (χ4v) is 4.09. The van der Waals surface area contributed by atoms with E-state index in [9.17, 15) is 9.59 Å². The third-order valence-corrected chi connectivity index (χ3v) is 5.42. The van der Waals surface area contributed by atoms with Crippen molar-refractivity contribution in [1.29, 1.82) is 0 Å². The average Bonchev–Trinajstić information content (AvgIpc) is 3.11. The molecule has 1 aromatic carbocycles. The number of benzene rings is 1. The first kappa shape index (κ1) is 17.7. The summed E-state index contributed by atoms with van der Waals surface area (Å²) in [6.45, 7) is 2.94. The van der Waals surface area contributed by atoms with Crippen molar-refractivity contribution in [3.63, 3.8) is 0 Å². The maximum absolute atomic E-state index is 13.0. The highest BCUT2D eigenvalue weighted by Gasteiger charge is 2.32. The summed E-state index contributed by atoms with van der Waals surface area (Å²) in [7, 11) is 0. The molecule has 1 aromatic heterocycles. The summed E-state index contributed by atoms with van der Waals surface area (Å²) in [5, 5.41) is 0. The number of hydrogen-bond acceptors (Lipinski definition) is 4. The molecule has 2 amide bonds. The first-order chi connectivity index (χ1) is 13.1. The minimum Gasteiger partial charge on any atom is -0.369 e. The zero-order chi connectivity index (χ0) is 18.8. The Morgan fingerprint density at radius 3 is 2.81 bits per heavy atom. The number of carbonyl (C=O) groups excluding carboxylic acids is 2. The standard InChI is InChI=1S/C20H25N5O2/c21-18(26)13-24-9-4-7-15(11-24)20(27)25-10-8-16-17(12-25)23-19(22-16)14-5-2-1-3-6-14/h1-3,5-6,15H,4,7-13H2,(H2,21,26)(H,22,23). The van der Waals surface area contributed by atoms with Gasteiger partial charge in [0, 0.05) is 25.1 Å². The summed E-state index contributed by atoms with van der Waals surface area (Å²) in [6, 6.07) is 10.0. The number of aromatic nitrogens is 2. The number of nitrogens with two attached hydrogens (primary N) is 1. The highest BCUT2D eigenvalue weighted by molar-refractivity contribution is 5.80. The maximum atomic E-state index is 13.0. The Morgan fingerprint density at radius 1 is 1.22 bits per heavy atom. The molecule has 27 heavy (non-hydrogen) atoms. The maximum Gasteiger partial charge on any atom is 0.231 e. The van der Waals surface area contributed by atoms with Gasteiger partial charge in [-0.3, -0.25) is 14.5 Å². The number of aromatic amines is 1. The number of nitrogens with one attached hydrogen (secondary N) is 1. The van der Waals surface area contributed by atoms with E-state index in [2.05, 4.69) is 4.98 Å². The quantitative estimate of drug-likeness (QED) is 0.848. The molecular formula is C20H25N5O2. The number of amides is 2. The van der Waals surface area contributed by atoms with Gasteiger partial charge in [0.15, 0.2) is 0 Å². The normalized spacial score (nSPS) is 20.3. The Bertz CT molecular complexity index is 832. The van der Waals surface area contributed by atoms with Crippen molar-refractivity contribution in [1.82, 2.24) is 19.8 Å². The second-order valence-electron chi connectivity index (χ2n) is 7.43. The molecule has 2 aromatic rings. The van der Waals surface area contributed by atoms with Crippen molar-refractivity contribution < 1.29 is 9.59 Å². The van der Waals surface area contributed by atoms with E-state index in [0.717, 1.165) is 48.6 Å². The van der Waals surface area contributed by atoms with Crippen LogP contribution in [-0.4, -0.2) is 57.8 Å². The predicted octanol–water partition coefficient (Wildman–Crippen LogP) is 1.16. The van der Waals surface area contributed by atoms with Crippen LogP contribution < -0.4 is 5.73 Å². The number of hydrogen-bond donors (Lipinski definition) is 2. The van der Waals surface area contributed by atoms with Crippen molar-refractivity contribution in [3.8, 4) is 11.4 Å². The number of primary amides is 1. The minimum atomic E-state index is -0.336. The van der Waals surface area contributed by atoms with E-state index >= 15 is 0 Å². The molecule has 2 aliphatic rings. The molecule has 0 bridgehead atoms. The van der Waals surface area contributed by atoms with Crippen molar-refractivity contribution in [2.24, 2.45) is 11.7 Å². The van der Waals surface area contributed by atoms with E-state index < -0.39 is 0 Å². The summed E-state index contributed by atoms with van der Waals surface area (Å²) in [4.78, 5) is 36.2. The summed E-state index contributed by atoms with van der Waals surface area (Å²) < 4.78 is 0. The third-order valence-electron chi connectivity index (χ3n) is 5.42. The van der Waals surface area contributed by atoms with Crippen LogP contribution in [0.15, 0.2) is 30.3 Å². The molecule has 142 valence electrons. The Morgan fingerprint density at radius 2 is 2.04 bits per heavy atom. The molecule has 2 aliphatic heterocycles. The van der Waals surface area contributed by atoms with E-state index in [0.29, 0.717) is 19.6 Å². The van der Waals surface area contributed by atoms with Crippen LogP contribution in [0, 0.1) is 5.92 Å². The van der Waals surface area contributed by atoms with Gasteiger partial charge >= 0.3 is 0 Å². The Balaban J connectivity index is 1.44. The largest absolute Gasteiger partial charge is 0.369 e. The number of carbonyl (C=O) groups is 2. The minimum absolute atomic E-state index is 0.0591. The molecule has 0 aliphatic carbocycles. The Hall–Kier alpha value is -2.67. The number of fused-ring (bicyclic) bond motifs is 1. The second kappa shape index (κ2) is 7.52. The molecule has 7 nitrogen and oxygen atoms in total. The molecule has 4 rings (SSSR count). The van der Waals surface area contributed by atoms with Crippen LogP contribution in [0.3, 0.4) is 0 Å². The second-order valence-corrected chi connectivity index (χ2v) is 7.43. The molecule has 1 saturated heterocycles. The molecule has 0 saturated carbocycles. The van der Waals surface area contributed by atoms with Crippen LogP contribution in [0.5, 0.6) is 0 Å². The van der Waals surface area contributed by atoms with Gasteiger partial charge in [0.2, 0.25) is 11.8 Å². The van der Waals surface area contributed by atoms with Gasteiger partial charge in [-0.15, -0.1) is 0 Å². The van der Waals surface area contributed by atoms with E-state index in [-0.39, 0.29) is 24.3 Å². The number of H-pyrrole nitrogens is 1. The number of piperidine rings is 1. The summed E-state index contributed by atoms with van der Waals surface area (Å²) in [6.07, 6.45) is 2.56. The van der Waals surface area contributed by atoms with E-state index in [1.165, 1.54) is 0 Å². The van der Waals surface area contributed by atoms with Gasteiger partial charge < -0.3 is 15.6 Å². The SMILES string of the molecule is NC(=O)CN1CCCC(C(=O)N2CCc3nc(-c4ccccc4)[nH]c3C2)C1. The molecule has 3 N–H and O–H groups in total. The van der Waals surface area contributed by atoms with Crippen LogP contribution in [-0.2, 0) is 22.6 Å². The number of likely N-dealkylation sites (tertiary alicyclic amines) is 1. The monoisotopic (exact) mass is 367 g/mol. The van der Waals surface area contributed by atoms with Crippen molar-refractivity contribution >= 4 is 11.8 Å². The Labute approximate surface area is 158 Å². The summed E-state index contributed by atoms with van der Waals surface area (Å²) >= 11 is 0. The smallest absolute Gasteiger partial charge is 0.231 e. The van der Waals surface area contributed by atoms with Gasteiger partial charge in [0.1, 0.15) is 5.82 Å². The molecule has 7 heteroatoms. The molecule has 1 unspecified atom stereocenters. The molecule has 0 radical (unpaired) electrons. The zero-order valence-electron chi connectivity index (χ0n) is 15.4. The molecular weight excluding hydrogens is 342 g/mol. The van der Waals surface area contributed by atoms with Gasteiger partial charge in [-0.2, -0.15) is 0 Å². The van der Waals surface area contributed by atoms with Gasteiger partial charge in [0.05, 0.1) is 30.4 Å². The lowest BCUT2D eigenvalue weighted by Gasteiger charge is -2.35. The number of imidazole rings is 1. The first-order valence-electron chi connectivity index (χ1n) is 9.53.